The molecule has 20 heavy (non-hydrogen) atoms. The van der Waals surface area contributed by atoms with Gasteiger partial charge in [-0.1, -0.05) is 22.8 Å². The standard InChI is InChI=1S/C14H15ClFN3O/c15-12-6-11(16)4-3-10(12)5-13-18-14(20-19-13)8-17-7-9-1-2-9/h3-4,6,9,17H,1-2,5,7-8H2. The predicted octanol–water partition coefficient (Wildman–Crippen LogP) is 2.95. The van der Waals surface area contributed by atoms with Gasteiger partial charge in [-0.25, -0.2) is 4.39 Å². The van der Waals surface area contributed by atoms with Crippen molar-refractivity contribution in [3.63, 3.8) is 0 Å². The SMILES string of the molecule is Fc1ccc(Cc2noc(CNCC3CC3)n2)c(Cl)c1. The van der Waals surface area contributed by atoms with Gasteiger partial charge in [0.2, 0.25) is 5.89 Å². The molecule has 0 radical (unpaired) electrons. The van der Waals surface area contributed by atoms with Crippen molar-refractivity contribution in [3.8, 4) is 0 Å². The number of nitrogens with zero attached hydrogens (tertiary/aromatic N) is 2. The molecule has 0 bridgehead atoms. The van der Waals surface area contributed by atoms with Gasteiger partial charge in [0.1, 0.15) is 5.82 Å². The Morgan fingerprint density at radius 2 is 2.25 bits per heavy atom. The van der Waals surface area contributed by atoms with Crippen molar-refractivity contribution < 1.29 is 8.91 Å². The largest absolute Gasteiger partial charge is 0.338 e. The number of rotatable bonds is 6. The van der Waals surface area contributed by atoms with Crippen LogP contribution in [0.5, 0.6) is 0 Å². The fraction of sp³-hybridized carbons (Fsp3) is 0.429. The summed E-state index contributed by atoms with van der Waals surface area (Å²) < 4.78 is 18.1. The van der Waals surface area contributed by atoms with Gasteiger partial charge in [0.25, 0.3) is 0 Å². The Hall–Kier alpha value is -1.46. The summed E-state index contributed by atoms with van der Waals surface area (Å²) in [5.74, 6) is 1.59. The van der Waals surface area contributed by atoms with Gasteiger partial charge in [-0.05, 0) is 43.0 Å². The maximum absolute atomic E-state index is 13.0. The van der Waals surface area contributed by atoms with E-state index in [-0.39, 0.29) is 5.82 Å². The van der Waals surface area contributed by atoms with Crippen molar-refractivity contribution in [1.82, 2.24) is 15.5 Å². The first-order valence-corrected chi connectivity index (χ1v) is 7.04. The van der Waals surface area contributed by atoms with E-state index in [1.807, 2.05) is 0 Å². The molecule has 0 unspecified atom stereocenters. The molecule has 0 aliphatic heterocycles. The van der Waals surface area contributed by atoms with Gasteiger partial charge < -0.3 is 9.84 Å². The number of hydrogen-bond donors (Lipinski definition) is 1. The second-order valence-corrected chi connectivity index (χ2v) is 5.50. The molecular weight excluding hydrogens is 281 g/mol. The molecule has 1 aromatic heterocycles. The third-order valence-electron chi connectivity index (χ3n) is 3.28. The molecule has 0 amide bonds. The monoisotopic (exact) mass is 295 g/mol. The Labute approximate surface area is 121 Å². The Kier molecular flexibility index (Phi) is 3.98. The van der Waals surface area contributed by atoms with Crippen LogP contribution >= 0.6 is 11.6 Å². The molecule has 0 spiro atoms. The average Bonchev–Trinajstić information content (AvgIpc) is 3.12. The summed E-state index contributed by atoms with van der Waals surface area (Å²) in [6, 6.07) is 4.30. The van der Waals surface area contributed by atoms with Gasteiger partial charge >= 0.3 is 0 Å². The van der Waals surface area contributed by atoms with Crippen LogP contribution in [0.3, 0.4) is 0 Å². The minimum absolute atomic E-state index is 0.350. The highest BCUT2D eigenvalue weighted by Crippen LogP contribution is 2.27. The van der Waals surface area contributed by atoms with Crippen LogP contribution in [0.15, 0.2) is 22.7 Å². The molecule has 1 N–H and O–H groups in total. The van der Waals surface area contributed by atoms with Crippen molar-refractivity contribution in [2.45, 2.75) is 25.8 Å². The number of hydrogen-bond acceptors (Lipinski definition) is 4. The summed E-state index contributed by atoms with van der Waals surface area (Å²) in [6.45, 7) is 1.59. The van der Waals surface area contributed by atoms with Crippen molar-refractivity contribution in [2.24, 2.45) is 5.92 Å². The third-order valence-corrected chi connectivity index (χ3v) is 3.63. The Balaban J connectivity index is 1.58. The second kappa shape index (κ2) is 5.89. The van der Waals surface area contributed by atoms with Gasteiger partial charge in [-0.15, -0.1) is 0 Å². The molecule has 1 saturated carbocycles. The van der Waals surface area contributed by atoms with Gasteiger partial charge in [0.15, 0.2) is 5.82 Å². The smallest absolute Gasteiger partial charge is 0.240 e. The summed E-state index contributed by atoms with van der Waals surface area (Å²) in [7, 11) is 0. The van der Waals surface area contributed by atoms with Crippen molar-refractivity contribution in [2.75, 3.05) is 6.54 Å². The number of halogens is 2. The van der Waals surface area contributed by atoms with Crippen LogP contribution in [-0.2, 0) is 13.0 Å². The van der Waals surface area contributed by atoms with Crippen molar-refractivity contribution in [1.29, 1.82) is 0 Å². The molecule has 1 heterocycles. The minimum Gasteiger partial charge on any atom is -0.338 e. The van der Waals surface area contributed by atoms with Crippen molar-refractivity contribution >= 4 is 11.6 Å². The lowest BCUT2D eigenvalue weighted by molar-refractivity contribution is 0.362. The Morgan fingerprint density at radius 1 is 1.40 bits per heavy atom. The first-order valence-electron chi connectivity index (χ1n) is 6.67. The molecule has 1 aliphatic carbocycles. The first kappa shape index (κ1) is 13.5. The molecule has 1 aromatic carbocycles. The summed E-state index contributed by atoms with van der Waals surface area (Å²) in [4.78, 5) is 4.29. The fourth-order valence-corrected chi connectivity index (χ4v) is 2.21. The molecule has 1 fully saturated rings. The minimum atomic E-state index is -0.350. The normalized spacial score (nSPS) is 14.7. The number of aromatic nitrogens is 2. The van der Waals surface area contributed by atoms with Crippen LogP contribution in [-0.4, -0.2) is 16.7 Å². The molecule has 2 aromatic rings. The van der Waals surface area contributed by atoms with Crippen LogP contribution in [0.2, 0.25) is 5.02 Å². The topological polar surface area (TPSA) is 51.0 Å². The zero-order valence-corrected chi connectivity index (χ0v) is 11.7. The van der Waals surface area contributed by atoms with Gasteiger partial charge in [-0.2, -0.15) is 4.98 Å². The summed E-state index contributed by atoms with van der Waals surface area (Å²) in [5.41, 5.74) is 0.784. The summed E-state index contributed by atoms with van der Waals surface area (Å²) in [6.07, 6.45) is 3.06. The van der Waals surface area contributed by atoms with E-state index in [1.165, 1.54) is 25.0 Å². The van der Waals surface area contributed by atoms with Gasteiger partial charge in [0, 0.05) is 11.4 Å². The first-order chi connectivity index (χ1) is 9.70. The highest BCUT2D eigenvalue weighted by Gasteiger charge is 2.20. The highest BCUT2D eigenvalue weighted by atomic mass is 35.5. The van der Waals surface area contributed by atoms with Crippen LogP contribution in [0.4, 0.5) is 4.39 Å². The summed E-state index contributed by atoms with van der Waals surface area (Å²) in [5, 5.41) is 7.58. The molecule has 3 rings (SSSR count). The van der Waals surface area contributed by atoms with E-state index < -0.39 is 0 Å². The molecule has 0 atom stereocenters. The molecule has 106 valence electrons. The van der Waals surface area contributed by atoms with E-state index in [2.05, 4.69) is 15.5 Å². The average molecular weight is 296 g/mol. The van der Waals surface area contributed by atoms with E-state index >= 15 is 0 Å². The Bertz CT molecular complexity index is 598. The molecule has 1 aliphatic rings. The molecule has 6 heteroatoms. The lowest BCUT2D eigenvalue weighted by Crippen LogP contribution is -2.16. The number of benzene rings is 1. The van der Waals surface area contributed by atoms with Crippen molar-refractivity contribution in [3.05, 3.63) is 46.3 Å². The van der Waals surface area contributed by atoms with E-state index in [0.717, 1.165) is 18.0 Å². The maximum Gasteiger partial charge on any atom is 0.240 e. The molecule has 4 nitrogen and oxygen atoms in total. The Morgan fingerprint density at radius 3 is 3.00 bits per heavy atom. The van der Waals surface area contributed by atoms with E-state index in [0.29, 0.717) is 29.7 Å². The van der Waals surface area contributed by atoms with E-state index in [9.17, 15) is 4.39 Å². The second-order valence-electron chi connectivity index (χ2n) is 5.09. The van der Waals surface area contributed by atoms with E-state index in [4.69, 9.17) is 16.1 Å². The van der Waals surface area contributed by atoms with Crippen LogP contribution in [0.25, 0.3) is 0 Å². The van der Waals surface area contributed by atoms with Crippen LogP contribution in [0.1, 0.15) is 30.1 Å². The highest BCUT2D eigenvalue weighted by molar-refractivity contribution is 6.31. The summed E-state index contributed by atoms with van der Waals surface area (Å²) >= 11 is 5.97. The fourth-order valence-electron chi connectivity index (χ4n) is 1.97. The quantitative estimate of drug-likeness (QED) is 0.890. The zero-order valence-electron chi connectivity index (χ0n) is 10.9. The molecular formula is C14H15ClFN3O. The lowest BCUT2D eigenvalue weighted by atomic mass is 10.1. The molecule has 0 saturated heterocycles. The lowest BCUT2D eigenvalue weighted by Gasteiger charge is -2.00. The predicted molar refractivity (Wildman–Crippen MR) is 72.9 cm³/mol. The van der Waals surface area contributed by atoms with Crippen LogP contribution < -0.4 is 5.32 Å². The third kappa shape index (κ3) is 3.55. The number of nitrogens with one attached hydrogen (secondary N) is 1. The van der Waals surface area contributed by atoms with E-state index in [1.54, 1.807) is 6.07 Å². The van der Waals surface area contributed by atoms with Crippen LogP contribution in [0, 0.1) is 11.7 Å². The van der Waals surface area contributed by atoms with Gasteiger partial charge in [-0.3, -0.25) is 0 Å². The maximum atomic E-state index is 13.0. The van der Waals surface area contributed by atoms with Gasteiger partial charge in [0.05, 0.1) is 6.54 Å². The zero-order chi connectivity index (χ0) is 13.9.